The van der Waals surface area contributed by atoms with E-state index in [0.717, 1.165) is 17.7 Å². The fourth-order valence-electron chi connectivity index (χ4n) is 2.50. The van der Waals surface area contributed by atoms with Gasteiger partial charge in [0.15, 0.2) is 0 Å². The standard InChI is InChI=1S/C16H22N2O3S2/c1-3-9-17(10-4-2)15(19)13-14-7-8-16(22-14)23(20,21)18-11-5-6-12-18/h3-4,7-8H,1-2,5-6,9-13H2. The van der Waals surface area contributed by atoms with Crippen molar-refractivity contribution < 1.29 is 13.2 Å². The molecule has 1 aliphatic rings. The molecule has 126 valence electrons. The van der Waals surface area contributed by atoms with E-state index in [0.29, 0.717) is 30.4 Å². The molecule has 0 spiro atoms. The van der Waals surface area contributed by atoms with Gasteiger partial charge in [-0.05, 0) is 25.0 Å². The van der Waals surface area contributed by atoms with E-state index in [4.69, 9.17) is 0 Å². The predicted molar refractivity (Wildman–Crippen MR) is 93.0 cm³/mol. The molecule has 0 aliphatic carbocycles. The molecule has 1 aromatic heterocycles. The summed E-state index contributed by atoms with van der Waals surface area (Å²) in [6.07, 6.45) is 5.35. The molecule has 1 aromatic rings. The molecule has 0 aromatic carbocycles. The van der Waals surface area contributed by atoms with Crippen LogP contribution in [0.4, 0.5) is 0 Å². The quantitative estimate of drug-likeness (QED) is 0.673. The summed E-state index contributed by atoms with van der Waals surface area (Å²) >= 11 is 1.18. The third kappa shape index (κ3) is 4.31. The zero-order chi connectivity index (χ0) is 16.9. The van der Waals surface area contributed by atoms with Gasteiger partial charge >= 0.3 is 0 Å². The average molecular weight is 354 g/mol. The first-order chi connectivity index (χ1) is 11.0. The van der Waals surface area contributed by atoms with Gasteiger partial charge in [0.25, 0.3) is 10.0 Å². The number of rotatable bonds is 8. The van der Waals surface area contributed by atoms with Crippen molar-refractivity contribution in [3.63, 3.8) is 0 Å². The molecule has 0 atom stereocenters. The van der Waals surface area contributed by atoms with Crippen molar-refractivity contribution in [2.24, 2.45) is 0 Å². The van der Waals surface area contributed by atoms with E-state index in [1.165, 1.54) is 15.6 Å². The SMILES string of the molecule is C=CCN(CC=C)C(=O)Cc1ccc(S(=O)(=O)N2CCCC2)s1. The zero-order valence-corrected chi connectivity index (χ0v) is 14.7. The molecule has 23 heavy (non-hydrogen) atoms. The molecule has 0 unspecified atom stereocenters. The summed E-state index contributed by atoms with van der Waals surface area (Å²) in [4.78, 5) is 14.7. The van der Waals surface area contributed by atoms with Crippen LogP contribution in [0.25, 0.3) is 0 Å². The Labute approximate surface area is 142 Å². The van der Waals surface area contributed by atoms with Crippen molar-refractivity contribution in [1.82, 2.24) is 9.21 Å². The first kappa shape index (κ1) is 17.9. The smallest absolute Gasteiger partial charge is 0.252 e. The Kier molecular flexibility index (Phi) is 6.15. The number of hydrogen-bond acceptors (Lipinski definition) is 4. The number of sulfonamides is 1. The molecule has 1 saturated heterocycles. The maximum atomic E-state index is 12.5. The topological polar surface area (TPSA) is 57.7 Å². The lowest BCUT2D eigenvalue weighted by molar-refractivity contribution is -0.129. The lowest BCUT2D eigenvalue weighted by Crippen LogP contribution is -2.32. The average Bonchev–Trinajstić information content (AvgIpc) is 3.18. The van der Waals surface area contributed by atoms with Gasteiger partial charge in [-0.15, -0.1) is 24.5 Å². The van der Waals surface area contributed by atoms with E-state index in [2.05, 4.69) is 13.2 Å². The van der Waals surface area contributed by atoms with Gasteiger partial charge in [-0.1, -0.05) is 12.2 Å². The van der Waals surface area contributed by atoms with Gasteiger partial charge < -0.3 is 4.90 Å². The summed E-state index contributed by atoms with van der Waals surface area (Å²) in [5.74, 6) is -0.0585. The van der Waals surface area contributed by atoms with Crippen LogP contribution < -0.4 is 0 Å². The second kappa shape index (κ2) is 7.90. The van der Waals surface area contributed by atoms with Crippen LogP contribution >= 0.6 is 11.3 Å². The molecule has 1 amide bonds. The number of nitrogens with zero attached hydrogens (tertiary/aromatic N) is 2. The van der Waals surface area contributed by atoms with Gasteiger partial charge in [0, 0.05) is 31.1 Å². The Morgan fingerprint density at radius 2 is 1.83 bits per heavy atom. The van der Waals surface area contributed by atoms with Gasteiger partial charge in [0.2, 0.25) is 5.91 Å². The predicted octanol–water partition coefficient (Wildman–Crippen LogP) is 2.28. The number of amides is 1. The maximum Gasteiger partial charge on any atom is 0.252 e. The van der Waals surface area contributed by atoms with Crippen molar-refractivity contribution in [3.05, 3.63) is 42.3 Å². The molecule has 1 fully saturated rings. The summed E-state index contributed by atoms with van der Waals surface area (Å²) < 4.78 is 26.8. The van der Waals surface area contributed by atoms with E-state index in [-0.39, 0.29) is 12.3 Å². The highest BCUT2D eigenvalue weighted by Gasteiger charge is 2.28. The Hall–Kier alpha value is -1.44. The van der Waals surface area contributed by atoms with E-state index in [1.807, 2.05) is 0 Å². The van der Waals surface area contributed by atoms with Crippen LogP contribution in [0.3, 0.4) is 0 Å². The summed E-state index contributed by atoms with van der Waals surface area (Å²) in [5, 5.41) is 0. The monoisotopic (exact) mass is 354 g/mol. The molecule has 0 radical (unpaired) electrons. The maximum absolute atomic E-state index is 12.5. The van der Waals surface area contributed by atoms with Crippen LogP contribution in [0.1, 0.15) is 17.7 Å². The number of carbonyl (C=O) groups is 1. The second-order valence-corrected chi connectivity index (χ2v) is 8.72. The Bertz CT molecular complexity index is 663. The second-order valence-electron chi connectivity index (χ2n) is 5.38. The Morgan fingerprint density at radius 3 is 2.39 bits per heavy atom. The van der Waals surface area contributed by atoms with Crippen molar-refractivity contribution in [2.75, 3.05) is 26.2 Å². The highest BCUT2D eigenvalue weighted by molar-refractivity contribution is 7.91. The van der Waals surface area contributed by atoms with Gasteiger partial charge in [-0.25, -0.2) is 8.42 Å². The number of thiophene rings is 1. The molecule has 7 heteroatoms. The third-order valence-electron chi connectivity index (χ3n) is 3.67. The van der Waals surface area contributed by atoms with Crippen molar-refractivity contribution in [1.29, 1.82) is 0 Å². The van der Waals surface area contributed by atoms with E-state index in [9.17, 15) is 13.2 Å². The Balaban J connectivity index is 2.08. The van der Waals surface area contributed by atoms with Gasteiger partial charge in [0.05, 0.1) is 6.42 Å². The molecule has 5 nitrogen and oxygen atoms in total. The van der Waals surface area contributed by atoms with Gasteiger partial charge in [-0.3, -0.25) is 4.79 Å². The van der Waals surface area contributed by atoms with Crippen LogP contribution in [0.2, 0.25) is 0 Å². The lowest BCUT2D eigenvalue weighted by Gasteiger charge is -2.18. The molecular weight excluding hydrogens is 332 g/mol. The summed E-state index contributed by atoms with van der Waals surface area (Å²) in [6.45, 7) is 9.36. The fourth-order valence-corrected chi connectivity index (χ4v) is 5.52. The lowest BCUT2D eigenvalue weighted by atomic mass is 10.3. The zero-order valence-electron chi connectivity index (χ0n) is 13.1. The van der Waals surface area contributed by atoms with Gasteiger partial charge in [0.1, 0.15) is 4.21 Å². The van der Waals surface area contributed by atoms with Crippen LogP contribution in [0.15, 0.2) is 41.7 Å². The highest BCUT2D eigenvalue weighted by atomic mass is 32.2. The molecule has 0 bridgehead atoms. The minimum atomic E-state index is -3.40. The molecule has 2 rings (SSSR count). The Morgan fingerprint density at radius 1 is 1.22 bits per heavy atom. The minimum Gasteiger partial charge on any atom is -0.335 e. The van der Waals surface area contributed by atoms with Crippen LogP contribution in [-0.4, -0.2) is 49.7 Å². The number of hydrogen-bond donors (Lipinski definition) is 0. The molecule has 1 aliphatic heterocycles. The van der Waals surface area contributed by atoms with Crippen LogP contribution in [0, 0.1) is 0 Å². The molecule has 0 saturated carbocycles. The normalized spacial score (nSPS) is 15.5. The molecule has 0 N–H and O–H groups in total. The summed E-state index contributed by atoms with van der Waals surface area (Å²) in [6, 6.07) is 3.33. The molecule has 2 heterocycles. The van der Waals surface area contributed by atoms with Crippen LogP contribution in [0.5, 0.6) is 0 Å². The van der Waals surface area contributed by atoms with E-state index in [1.54, 1.807) is 29.2 Å². The molecular formula is C16H22N2O3S2. The van der Waals surface area contributed by atoms with Crippen molar-refractivity contribution in [2.45, 2.75) is 23.5 Å². The van der Waals surface area contributed by atoms with E-state index >= 15 is 0 Å². The summed E-state index contributed by atoms with van der Waals surface area (Å²) in [5.41, 5.74) is 0. The third-order valence-corrected chi connectivity index (χ3v) is 7.12. The van der Waals surface area contributed by atoms with Crippen LogP contribution in [-0.2, 0) is 21.2 Å². The first-order valence-corrected chi connectivity index (χ1v) is 9.83. The van der Waals surface area contributed by atoms with Crippen molar-refractivity contribution >= 4 is 27.3 Å². The van der Waals surface area contributed by atoms with E-state index < -0.39 is 10.0 Å². The summed E-state index contributed by atoms with van der Waals surface area (Å²) in [7, 11) is -3.40. The minimum absolute atomic E-state index is 0.0585. The largest absolute Gasteiger partial charge is 0.335 e. The number of carbonyl (C=O) groups excluding carboxylic acids is 1. The van der Waals surface area contributed by atoms with Gasteiger partial charge in [-0.2, -0.15) is 4.31 Å². The first-order valence-electron chi connectivity index (χ1n) is 7.57. The fraction of sp³-hybridized carbons (Fsp3) is 0.438. The van der Waals surface area contributed by atoms with Crippen molar-refractivity contribution in [3.8, 4) is 0 Å². The highest BCUT2D eigenvalue weighted by Crippen LogP contribution is 2.27.